The van der Waals surface area contributed by atoms with Crippen molar-refractivity contribution in [2.75, 3.05) is 6.61 Å². The molecule has 1 saturated heterocycles. The molecule has 0 radical (unpaired) electrons. The van der Waals surface area contributed by atoms with Gasteiger partial charge in [-0.25, -0.2) is 0 Å². The molecule has 0 N–H and O–H groups in total. The summed E-state index contributed by atoms with van der Waals surface area (Å²) in [6.45, 7) is 8.47. The minimum Gasteiger partial charge on any atom is -0.490 e. The highest BCUT2D eigenvalue weighted by molar-refractivity contribution is 6.30. The number of amides is 1. The average molecular weight is 524 g/mol. The molecule has 6 heteroatoms. The third kappa shape index (κ3) is 5.61. The fourth-order valence-corrected chi connectivity index (χ4v) is 5.63. The molecule has 1 aliphatic heterocycles. The van der Waals surface area contributed by atoms with Crippen LogP contribution in [0.25, 0.3) is 0 Å². The van der Waals surface area contributed by atoms with E-state index in [1.807, 2.05) is 67.6 Å². The Balaban J connectivity index is 1.82. The fourth-order valence-electron chi connectivity index (χ4n) is 5.31. The summed E-state index contributed by atoms with van der Waals surface area (Å²) in [4.78, 5) is 20.5. The smallest absolute Gasteiger partial charge is 0.229 e. The van der Waals surface area contributed by atoms with E-state index in [1.54, 1.807) is 12.4 Å². The Labute approximate surface area is 223 Å². The molecule has 1 amide bonds. The first kappa shape index (κ1) is 26.2. The molecule has 0 spiro atoms. The zero-order chi connectivity index (χ0) is 25.7. The summed E-state index contributed by atoms with van der Waals surface area (Å²) in [6.07, 6.45) is 7.26. The van der Waals surface area contributed by atoms with Crippen molar-refractivity contribution < 1.29 is 9.53 Å². The van der Waals surface area contributed by atoms with Crippen LogP contribution in [0.4, 0.5) is 0 Å². The zero-order valence-corrected chi connectivity index (χ0v) is 22.3. The predicted molar refractivity (Wildman–Crippen MR) is 147 cm³/mol. The molecule has 188 valence electrons. The van der Waals surface area contributed by atoms with Gasteiger partial charge in [-0.2, -0.15) is 0 Å². The Hall–Kier alpha value is -2.82. The second-order valence-corrected chi connectivity index (χ2v) is 10.6. The van der Waals surface area contributed by atoms with Crippen LogP contribution in [0, 0.1) is 5.41 Å². The molecule has 3 aromatic rings. The number of aromatic nitrogens is 1. The van der Waals surface area contributed by atoms with E-state index in [-0.39, 0.29) is 23.9 Å². The van der Waals surface area contributed by atoms with E-state index in [2.05, 4.69) is 29.5 Å². The molecule has 2 aromatic carbocycles. The van der Waals surface area contributed by atoms with Gasteiger partial charge >= 0.3 is 0 Å². The zero-order valence-electron chi connectivity index (χ0n) is 20.7. The molecular formula is C30H32Cl2N2O2. The van der Waals surface area contributed by atoms with Gasteiger partial charge in [-0.05, 0) is 66.8 Å². The van der Waals surface area contributed by atoms with Crippen molar-refractivity contribution in [3.05, 3.63) is 107 Å². The molecule has 1 aliphatic rings. The lowest BCUT2D eigenvalue weighted by Gasteiger charge is -2.52. The highest BCUT2D eigenvalue weighted by Gasteiger charge is 2.51. The van der Waals surface area contributed by atoms with Crippen molar-refractivity contribution in [3.8, 4) is 5.75 Å². The SMILES string of the molecule is C=CCC1(C)CC(c2cccc(Cl)c2)C(c2ccc(Cl)cc2)N(C(CC)COc2cccnc2)C1=O. The first-order valence-corrected chi connectivity index (χ1v) is 13.1. The normalized spacial score (nSPS) is 22.8. The summed E-state index contributed by atoms with van der Waals surface area (Å²) in [5.74, 6) is 0.825. The minimum atomic E-state index is -0.598. The van der Waals surface area contributed by atoms with Gasteiger partial charge in [0, 0.05) is 22.2 Å². The maximum atomic E-state index is 14.3. The van der Waals surface area contributed by atoms with Gasteiger partial charge in [0.2, 0.25) is 5.91 Å². The van der Waals surface area contributed by atoms with Crippen LogP contribution in [0.15, 0.2) is 85.7 Å². The van der Waals surface area contributed by atoms with Gasteiger partial charge in [-0.3, -0.25) is 9.78 Å². The van der Waals surface area contributed by atoms with Crippen LogP contribution in [0.5, 0.6) is 5.75 Å². The highest BCUT2D eigenvalue weighted by atomic mass is 35.5. The van der Waals surface area contributed by atoms with E-state index in [1.165, 1.54) is 0 Å². The molecule has 36 heavy (non-hydrogen) atoms. The Morgan fingerprint density at radius 1 is 1.14 bits per heavy atom. The lowest BCUT2D eigenvalue weighted by Crippen LogP contribution is -2.56. The van der Waals surface area contributed by atoms with Crippen molar-refractivity contribution in [2.45, 2.75) is 51.1 Å². The minimum absolute atomic E-state index is 0.0277. The van der Waals surface area contributed by atoms with Crippen LogP contribution in [-0.2, 0) is 4.79 Å². The van der Waals surface area contributed by atoms with Crippen LogP contribution in [0.2, 0.25) is 10.0 Å². The van der Waals surface area contributed by atoms with E-state index in [9.17, 15) is 4.79 Å². The Kier molecular flexibility index (Phi) is 8.38. The summed E-state index contributed by atoms with van der Waals surface area (Å²) >= 11 is 12.7. The van der Waals surface area contributed by atoms with Gasteiger partial charge < -0.3 is 9.64 Å². The van der Waals surface area contributed by atoms with Crippen LogP contribution in [0.3, 0.4) is 0 Å². The van der Waals surface area contributed by atoms with Crippen molar-refractivity contribution in [1.82, 2.24) is 9.88 Å². The largest absolute Gasteiger partial charge is 0.490 e. The number of allylic oxidation sites excluding steroid dienone is 1. The number of hydrogen-bond donors (Lipinski definition) is 0. The van der Waals surface area contributed by atoms with E-state index in [0.717, 1.165) is 17.5 Å². The van der Waals surface area contributed by atoms with Crippen LogP contribution in [-0.4, -0.2) is 28.4 Å². The lowest BCUT2D eigenvalue weighted by atomic mass is 9.67. The quantitative estimate of drug-likeness (QED) is 0.268. The summed E-state index contributed by atoms with van der Waals surface area (Å²) in [5.41, 5.74) is 1.55. The number of likely N-dealkylation sites (tertiary alicyclic amines) is 1. The second-order valence-electron chi connectivity index (χ2n) is 9.69. The molecular weight excluding hydrogens is 491 g/mol. The van der Waals surface area contributed by atoms with E-state index in [4.69, 9.17) is 27.9 Å². The summed E-state index contributed by atoms with van der Waals surface area (Å²) < 4.78 is 6.13. The molecule has 0 saturated carbocycles. The molecule has 4 atom stereocenters. The summed E-state index contributed by atoms with van der Waals surface area (Å²) in [5, 5.41) is 1.35. The molecule has 0 bridgehead atoms. The summed E-state index contributed by atoms with van der Waals surface area (Å²) in [6, 6.07) is 19.2. The van der Waals surface area contributed by atoms with E-state index < -0.39 is 5.41 Å². The molecule has 1 fully saturated rings. The van der Waals surface area contributed by atoms with Crippen LogP contribution in [0.1, 0.15) is 56.2 Å². The van der Waals surface area contributed by atoms with Gasteiger partial charge in [-0.15, -0.1) is 6.58 Å². The highest BCUT2D eigenvalue weighted by Crippen LogP contribution is 2.52. The Bertz CT molecular complexity index is 1190. The van der Waals surface area contributed by atoms with Crippen molar-refractivity contribution in [2.24, 2.45) is 5.41 Å². The first-order chi connectivity index (χ1) is 17.4. The number of pyridine rings is 1. The van der Waals surface area contributed by atoms with E-state index >= 15 is 0 Å². The number of hydrogen-bond acceptors (Lipinski definition) is 3. The number of carbonyl (C=O) groups is 1. The third-order valence-corrected chi connectivity index (χ3v) is 7.61. The predicted octanol–water partition coefficient (Wildman–Crippen LogP) is 7.89. The van der Waals surface area contributed by atoms with Gasteiger partial charge in [0.15, 0.2) is 0 Å². The molecule has 1 aromatic heterocycles. The van der Waals surface area contributed by atoms with Crippen molar-refractivity contribution in [3.63, 3.8) is 0 Å². The number of rotatable bonds is 9. The maximum Gasteiger partial charge on any atom is 0.229 e. The molecule has 4 nitrogen and oxygen atoms in total. The molecule has 0 aliphatic carbocycles. The molecule has 4 rings (SSSR count). The number of ether oxygens (including phenoxy) is 1. The van der Waals surface area contributed by atoms with E-state index in [0.29, 0.717) is 35.2 Å². The number of nitrogens with zero attached hydrogens (tertiary/aromatic N) is 2. The molecule has 4 unspecified atom stereocenters. The number of halogens is 2. The number of carbonyl (C=O) groups excluding carboxylic acids is 1. The van der Waals surface area contributed by atoms with Gasteiger partial charge in [-0.1, -0.05) is 67.4 Å². The fraction of sp³-hybridized carbons (Fsp3) is 0.333. The average Bonchev–Trinajstić information content (AvgIpc) is 2.88. The van der Waals surface area contributed by atoms with Gasteiger partial charge in [0.25, 0.3) is 0 Å². The Morgan fingerprint density at radius 2 is 1.92 bits per heavy atom. The van der Waals surface area contributed by atoms with Crippen molar-refractivity contribution in [1.29, 1.82) is 0 Å². The number of benzene rings is 2. The second kappa shape index (κ2) is 11.5. The lowest BCUT2D eigenvalue weighted by molar-refractivity contribution is -0.155. The standard InChI is InChI=1S/C30H32Cl2N2O2/c1-4-15-30(3)18-27(22-8-6-9-24(32)17-22)28(21-11-13-23(31)14-12-21)34(29(30)35)25(5-2)20-36-26-10-7-16-33-19-26/h4,6-14,16-17,19,25,27-28H,1,5,15,18,20H2,2-3H3. The van der Waals surface area contributed by atoms with Crippen LogP contribution >= 0.6 is 23.2 Å². The van der Waals surface area contributed by atoms with Gasteiger partial charge in [0.05, 0.1) is 23.7 Å². The van der Waals surface area contributed by atoms with Crippen molar-refractivity contribution >= 4 is 29.1 Å². The summed E-state index contributed by atoms with van der Waals surface area (Å²) in [7, 11) is 0. The maximum absolute atomic E-state index is 14.3. The van der Waals surface area contributed by atoms with Gasteiger partial charge in [0.1, 0.15) is 12.4 Å². The Morgan fingerprint density at radius 3 is 2.56 bits per heavy atom. The first-order valence-electron chi connectivity index (χ1n) is 12.3. The topological polar surface area (TPSA) is 42.4 Å². The molecule has 2 heterocycles. The third-order valence-electron chi connectivity index (χ3n) is 7.13. The van der Waals surface area contributed by atoms with Crippen LogP contribution < -0.4 is 4.74 Å². The monoisotopic (exact) mass is 522 g/mol. The number of piperidine rings is 1.